The normalized spacial score (nSPS) is 19.9. The van der Waals surface area contributed by atoms with Crippen LogP contribution in [0.4, 0.5) is 0 Å². The number of carbonyl (C=O) groups is 1. The van der Waals surface area contributed by atoms with Gasteiger partial charge in [0.15, 0.2) is 0 Å². The van der Waals surface area contributed by atoms with Crippen molar-refractivity contribution < 1.29 is 9.90 Å². The summed E-state index contributed by atoms with van der Waals surface area (Å²) in [5.41, 5.74) is 0.200. The number of thiazole rings is 1. The number of aliphatic hydroxyl groups is 1. The van der Waals surface area contributed by atoms with Crippen molar-refractivity contribution in [1.82, 2.24) is 10.3 Å². The molecule has 0 bridgehead atoms. The molecular formula is C16H26N2O2S. The van der Waals surface area contributed by atoms with E-state index in [1.165, 1.54) is 0 Å². The summed E-state index contributed by atoms with van der Waals surface area (Å²) in [5, 5.41) is 16.2. The fourth-order valence-corrected chi connectivity index (χ4v) is 3.41. The first-order chi connectivity index (χ1) is 9.59. The Labute approximate surface area is 131 Å². The predicted octanol–water partition coefficient (Wildman–Crippen LogP) is 3.17. The molecule has 1 aliphatic rings. The van der Waals surface area contributed by atoms with Crippen LogP contribution in [0.2, 0.25) is 0 Å². The summed E-state index contributed by atoms with van der Waals surface area (Å²) in [6.45, 7) is 10.1. The number of amides is 1. The second kappa shape index (κ2) is 5.69. The minimum absolute atomic E-state index is 0.0219. The van der Waals surface area contributed by atoms with Crippen LogP contribution in [0, 0.1) is 5.92 Å². The summed E-state index contributed by atoms with van der Waals surface area (Å²) in [6, 6.07) is -0.117. The Morgan fingerprint density at radius 3 is 2.57 bits per heavy atom. The molecule has 0 saturated heterocycles. The van der Waals surface area contributed by atoms with Crippen LogP contribution in [0.15, 0.2) is 5.38 Å². The van der Waals surface area contributed by atoms with Crippen LogP contribution in [0.3, 0.4) is 0 Å². The van der Waals surface area contributed by atoms with Crippen molar-refractivity contribution in [1.29, 1.82) is 0 Å². The topological polar surface area (TPSA) is 62.2 Å². The molecule has 1 aromatic heterocycles. The zero-order valence-corrected chi connectivity index (χ0v) is 14.4. The standard InChI is InChI=1S/C16H26N2O2S/c1-10(14-18-12(9-21-14)15(2,3)4)17-13(19)8-16(5,20)11-6-7-11/h9-11,20H,6-8H2,1-5H3,(H,17,19)/t10-,16-/m0/s1. The van der Waals surface area contributed by atoms with Crippen molar-refractivity contribution in [3.05, 3.63) is 16.1 Å². The van der Waals surface area contributed by atoms with Crippen molar-refractivity contribution in [3.63, 3.8) is 0 Å². The van der Waals surface area contributed by atoms with Crippen molar-refractivity contribution >= 4 is 17.2 Å². The Kier molecular flexibility index (Phi) is 4.45. The third-order valence-electron chi connectivity index (χ3n) is 4.01. The average Bonchev–Trinajstić information content (AvgIpc) is 3.04. The van der Waals surface area contributed by atoms with Crippen LogP contribution in [0.5, 0.6) is 0 Å². The lowest BCUT2D eigenvalue weighted by molar-refractivity contribution is -0.126. The maximum absolute atomic E-state index is 12.1. The van der Waals surface area contributed by atoms with Crippen molar-refractivity contribution in [3.8, 4) is 0 Å². The van der Waals surface area contributed by atoms with E-state index in [1.807, 2.05) is 6.92 Å². The van der Waals surface area contributed by atoms with Crippen LogP contribution < -0.4 is 5.32 Å². The van der Waals surface area contributed by atoms with Crippen molar-refractivity contribution in [2.75, 3.05) is 0 Å². The molecule has 1 saturated carbocycles. The number of hydrogen-bond donors (Lipinski definition) is 2. The van der Waals surface area contributed by atoms with E-state index in [0.717, 1.165) is 23.5 Å². The summed E-state index contributed by atoms with van der Waals surface area (Å²) in [5.74, 6) is 0.179. The van der Waals surface area contributed by atoms with Gasteiger partial charge in [-0.05, 0) is 32.6 Å². The van der Waals surface area contributed by atoms with E-state index in [4.69, 9.17) is 0 Å². The van der Waals surface area contributed by atoms with Gasteiger partial charge in [0.2, 0.25) is 5.91 Å². The number of rotatable bonds is 5. The van der Waals surface area contributed by atoms with Gasteiger partial charge in [0, 0.05) is 10.8 Å². The molecule has 0 aromatic carbocycles. The van der Waals surface area contributed by atoms with Gasteiger partial charge in [0.05, 0.1) is 23.8 Å². The molecule has 5 heteroatoms. The van der Waals surface area contributed by atoms with Gasteiger partial charge in [-0.1, -0.05) is 20.8 Å². The van der Waals surface area contributed by atoms with E-state index in [0.29, 0.717) is 0 Å². The van der Waals surface area contributed by atoms with E-state index in [2.05, 4.69) is 36.5 Å². The van der Waals surface area contributed by atoms with Crippen LogP contribution >= 0.6 is 11.3 Å². The molecule has 1 fully saturated rings. The number of nitrogens with one attached hydrogen (secondary N) is 1. The average molecular weight is 310 g/mol. The Balaban J connectivity index is 1.93. The molecule has 1 heterocycles. The highest BCUT2D eigenvalue weighted by atomic mass is 32.1. The molecule has 0 spiro atoms. The minimum Gasteiger partial charge on any atom is -0.389 e. The molecular weight excluding hydrogens is 284 g/mol. The highest BCUT2D eigenvalue weighted by Gasteiger charge is 2.41. The summed E-state index contributed by atoms with van der Waals surface area (Å²) in [7, 11) is 0. The SMILES string of the molecule is C[C@H](NC(=O)C[C@](C)(O)C1CC1)c1nc(C(C)(C)C)cs1. The van der Waals surface area contributed by atoms with Crippen LogP contribution in [-0.2, 0) is 10.2 Å². The van der Waals surface area contributed by atoms with Crippen LogP contribution in [0.25, 0.3) is 0 Å². The zero-order valence-electron chi connectivity index (χ0n) is 13.6. The highest BCUT2D eigenvalue weighted by Crippen LogP contribution is 2.41. The smallest absolute Gasteiger partial charge is 0.223 e. The number of hydrogen-bond acceptors (Lipinski definition) is 4. The first-order valence-electron chi connectivity index (χ1n) is 7.57. The van der Waals surface area contributed by atoms with Gasteiger partial charge >= 0.3 is 0 Å². The Bertz CT molecular complexity index is 513. The molecule has 0 aliphatic heterocycles. The largest absolute Gasteiger partial charge is 0.389 e. The number of carbonyl (C=O) groups excluding carboxylic acids is 1. The molecule has 118 valence electrons. The molecule has 4 nitrogen and oxygen atoms in total. The lowest BCUT2D eigenvalue weighted by Gasteiger charge is -2.23. The van der Waals surface area contributed by atoms with E-state index in [1.54, 1.807) is 18.3 Å². The van der Waals surface area contributed by atoms with E-state index in [9.17, 15) is 9.90 Å². The molecule has 1 aromatic rings. The second-order valence-electron chi connectivity index (χ2n) is 7.42. The van der Waals surface area contributed by atoms with Crippen molar-refractivity contribution in [2.45, 2.75) is 70.9 Å². The van der Waals surface area contributed by atoms with Gasteiger partial charge in [0.1, 0.15) is 5.01 Å². The van der Waals surface area contributed by atoms with E-state index < -0.39 is 5.60 Å². The minimum atomic E-state index is -0.872. The second-order valence-corrected chi connectivity index (χ2v) is 8.31. The molecule has 0 radical (unpaired) electrons. The Hall–Kier alpha value is -0.940. The fourth-order valence-electron chi connectivity index (χ4n) is 2.36. The quantitative estimate of drug-likeness (QED) is 0.878. The van der Waals surface area contributed by atoms with Gasteiger partial charge in [-0.25, -0.2) is 4.98 Å². The lowest BCUT2D eigenvalue weighted by Crippen LogP contribution is -2.37. The van der Waals surface area contributed by atoms with Crippen molar-refractivity contribution in [2.24, 2.45) is 5.92 Å². The third kappa shape index (κ3) is 4.27. The first-order valence-corrected chi connectivity index (χ1v) is 8.45. The Morgan fingerprint density at radius 2 is 2.10 bits per heavy atom. The van der Waals surface area contributed by atoms with Gasteiger partial charge < -0.3 is 10.4 Å². The van der Waals surface area contributed by atoms with Crippen LogP contribution in [0.1, 0.15) is 70.6 Å². The fraction of sp³-hybridized carbons (Fsp3) is 0.750. The first kappa shape index (κ1) is 16.4. The van der Waals surface area contributed by atoms with E-state index >= 15 is 0 Å². The molecule has 2 N–H and O–H groups in total. The lowest BCUT2D eigenvalue weighted by atomic mass is 9.93. The van der Waals surface area contributed by atoms with Crippen LogP contribution in [-0.4, -0.2) is 21.6 Å². The maximum atomic E-state index is 12.1. The molecule has 2 rings (SSSR count). The summed E-state index contributed by atoms with van der Waals surface area (Å²) < 4.78 is 0. The molecule has 2 atom stereocenters. The summed E-state index contributed by atoms with van der Waals surface area (Å²) in [4.78, 5) is 16.7. The van der Waals surface area contributed by atoms with Gasteiger partial charge in [0.25, 0.3) is 0 Å². The molecule has 1 aliphatic carbocycles. The van der Waals surface area contributed by atoms with Gasteiger partial charge in [-0.15, -0.1) is 11.3 Å². The monoisotopic (exact) mass is 310 g/mol. The molecule has 21 heavy (non-hydrogen) atoms. The Morgan fingerprint density at radius 1 is 1.48 bits per heavy atom. The number of aromatic nitrogens is 1. The molecule has 1 amide bonds. The number of nitrogens with zero attached hydrogens (tertiary/aromatic N) is 1. The summed E-state index contributed by atoms with van der Waals surface area (Å²) in [6.07, 6.45) is 2.22. The maximum Gasteiger partial charge on any atom is 0.223 e. The third-order valence-corrected chi connectivity index (χ3v) is 5.04. The van der Waals surface area contributed by atoms with Gasteiger partial charge in [-0.3, -0.25) is 4.79 Å². The van der Waals surface area contributed by atoms with Gasteiger partial charge in [-0.2, -0.15) is 0 Å². The highest BCUT2D eigenvalue weighted by molar-refractivity contribution is 7.09. The van der Waals surface area contributed by atoms with E-state index in [-0.39, 0.29) is 29.7 Å². The predicted molar refractivity (Wildman–Crippen MR) is 85.3 cm³/mol. The molecule has 0 unspecified atom stereocenters. The zero-order chi connectivity index (χ0) is 15.8. The summed E-state index contributed by atoms with van der Waals surface area (Å²) >= 11 is 1.57.